The number of fused-ring (bicyclic) bond motifs is 1. The average Bonchev–Trinajstić information content (AvgIpc) is 2.48. The number of rotatable bonds is 3. The van der Waals surface area contributed by atoms with Crippen LogP contribution in [0.1, 0.15) is 12.8 Å². The Hall–Kier alpha value is -1.45. The van der Waals surface area contributed by atoms with Crippen LogP contribution >= 0.6 is 12.4 Å². The van der Waals surface area contributed by atoms with Gasteiger partial charge in [-0.3, -0.25) is 0 Å². The van der Waals surface area contributed by atoms with Crippen molar-refractivity contribution in [2.45, 2.75) is 18.9 Å². The molecule has 0 aliphatic carbocycles. The fourth-order valence-corrected chi connectivity index (χ4v) is 2.63. The maximum atomic E-state index is 6.17. The molecule has 0 radical (unpaired) electrons. The molecule has 1 aliphatic heterocycles. The van der Waals surface area contributed by atoms with E-state index in [4.69, 9.17) is 9.47 Å². The van der Waals surface area contributed by atoms with E-state index < -0.39 is 0 Å². The summed E-state index contributed by atoms with van der Waals surface area (Å²) < 4.78 is 11.6. The van der Waals surface area contributed by atoms with Gasteiger partial charge in [-0.1, -0.05) is 24.3 Å². The fraction of sp³-hybridized carbons (Fsp3) is 0.375. The zero-order valence-corrected chi connectivity index (χ0v) is 12.4. The minimum atomic E-state index is 0. The highest BCUT2D eigenvalue weighted by atomic mass is 35.5. The molecule has 3 rings (SSSR count). The number of halogens is 1. The predicted molar refractivity (Wildman–Crippen MR) is 84.3 cm³/mol. The fourth-order valence-electron chi connectivity index (χ4n) is 2.63. The molecule has 108 valence electrons. The molecular weight excluding hydrogens is 274 g/mol. The Labute approximate surface area is 125 Å². The highest BCUT2D eigenvalue weighted by Crippen LogP contribution is 2.33. The molecule has 0 unspecified atom stereocenters. The van der Waals surface area contributed by atoms with Gasteiger partial charge in [-0.15, -0.1) is 12.4 Å². The number of hydrogen-bond donors (Lipinski definition) is 1. The maximum Gasteiger partial charge on any atom is 0.127 e. The van der Waals surface area contributed by atoms with Crippen molar-refractivity contribution in [1.29, 1.82) is 0 Å². The molecule has 1 heterocycles. The molecule has 3 nitrogen and oxygen atoms in total. The molecule has 1 saturated heterocycles. The first kappa shape index (κ1) is 14.9. The van der Waals surface area contributed by atoms with Gasteiger partial charge in [-0.25, -0.2) is 0 Å². The summed E-state index contributed by atoms with van der Waals surface area (Å²) >= 11 is 0. The number of ether oxygens (including phenoxy) is 2. The Morgan fingerprint density at radius 2 is 1.55 bits per heavy atom. The van der Waals surface area contributed by atoms with Crippen LogP contribution in [-0.4, -0.2) is 26.3 Å². The second kappa shape index (κ2) is 6.82. The summed E-state index contributed by atoms with van der Waals surface area (Å²) in [6.07, 6.45) is 2.46. The molecule has 2 aromatic rings. The van der Waals surface area contributed by atoms with Crippen molar-refractivity contribution < 1.29 is 9.47 Å². The lowest BCUT2D eigenvalue weighted by Gasteiger charge is -2.24. The van der Waals surface area contributed by atoms with E-state index in [-0.39, 0.29) is 12.4 Å². The smallest absolute Gasteiger partial charge is 0.127 e. The number of hydrogen-bond acceptors (Lipinski definition) is 3. The number of piperidine rings is 1. The van der Waals surface area contributed by atoms with Crippen LogP contribution in [0, 0.1) is 0 Å². The van der Waals surface area contributed by atoms with Crippen molar-refractivity contribution in [2.24, 2.45) is 0 Å². The van der Waals surface area contributed by atoms with Gasteiger partial charge in [0.25, 0.3) is 0 Å². The molecule has 4 heteroatoms. The van der Waals surface area contributed by atoms with Gasteiger partial charge in [0, 0.05) is 10.8 Å². The molecule has 0 amide bonds. The van der Waals surface area contributed by atoms with E-state index in [1.807, 2.05) is 24.3 Å². The van der Waals surface area contributed by atoms with Gasteiger partial charge in [0.05, 0.1) is 7.11 Å². The zero-order chi connectivity index (χ0) is 13.1. The molecule has 0 aromatic heterocycles. The van der Waals surface area contributed by atoms with Crippen LogP contribution in [0.2, 0.25) is 0 Å². The Morgan fingerprint density at radius 1 is 0.950 bits per heavy atom. The third-order valence-corrected chi connectivity index (χ3v) is 3.64. The van der Waals surface area contributed by atoms with Crippen LogP contribution in [0.4, 0.5) is 0 Å². The summed E-state index contributed by atoms with van der Waals surface area (Å²) in [5.74, 6) is 1.86. The topological polar surface area (TPSA) is 30.5 Å². The lowest BCUT2D eigenvalue weighted by atomic mass is 10.1. The lowest BCUT2D eigenvalue weighted by molar-refractivity contribution is 0.164. The summed E-state index contributed by atoms with van der Waals surface area (Å²) in [6, 6.07) is 12.2. The van der Waals surface area contributed by atoms with Crippen molar-refractivity contribution in [1.82, 2.24) is 5.32 Å². The standard InChI is InChI=1S/C16H19NO2.ClH/c1-18-15-6-2-5-14-13(15)4-3-7-16(14)19-12-8-10-17-11-9-12;/h2-7,12,17H,8-11H2,1H3;1H. The molecule has 1 aliphatic rings. The molecule has 1 fully saturated rings. The second-order valence-electron chi connectivity index (χ2n) is 4.88. The first-order chi connectivity index (χ1) is 9.38. The number of nitrogens with one attached hydrogen (secondary N) is 1. The first-order valence-electron chi connectivity index (χ1n) is 6.81. The van der Waals surface area contributed by atoms with Crippen molar-refractivity contribution in [3.63, 3.8) is 0 Å². The van der Waals surface area contributed by atoms with Crippen molar-refractivity contribution in [3.8, 4) is 11.5 Å². The monoisotopic (exact) mass is 293 g/mol. The molecule has 0 saturated carbocycles. The zero-order valence-electron chi connectivity index (χ0n) is 11.6. The van der Waals surface area contributed by atoms with Gasteiger partial charge in [-0.2, -0.15) is 0 Å². The normalized spacial score (nSPS) is 15.7. The Kier molecular flexibility index (Phi) is 5.10. The molecular formula is C16H20ClNO2. The van der Waals surface area contributed by atoms with E-state index in [1.54, 1.807) is 7.11 Å². The number of methoxy groups -OCH3 is 1. The van der Waals surface area contributed by atoms with Crippen LogP contribution in [0.15, 0.2) is 36.4 Å². The summed E-state index contributed by atoms with van der Waals surface area (Å²) in [6.45, 7) is 2.08. The highest BCUT2D eigenvalue weighted by molar-refractivity contribution is 5.93. The van der Waals surface area contributed by atoms with E-state index in [0.717, 1.165) is 48.2 Å². The molecule has 0 spiro atoms. The highest BCUT2D eigenvalue weighted by Gasteiger charge is 2.16. The minimum Gasteiger partial charge on any atom is -0.496 e. The largest absolute Gasteiger partial charge is 0.496 e. The van der Waals surface area contributed by atoms with Gasteiger partial charge in [0.2, 0.25) is 0 Å². The van der Waals surface area contributed by atoms with E-state index in [2.05, 4.69) is 17.4 Å². The molecule has 1 N–H and O–H groups in total. The van der Waals surface area contributed by atoms with Gasteiger partial charge >= 0.3 is 0 Å². The maximum absolute atomic E-state index is 6.17. The summed E-state index contributed by atoms with van der Waals surface area (Å²) in [5, 5.41) is 5.59. The second-order valence-corrected chi connectivity index (χ2v) is 4.88. The summed E-state index contributed by atoms with van der Waals surface area (Å²) in [4.78, 5) is 0. The summed E-state index contributed by atoms with van der Waals surface area (Å²) in [5.41, 5.74) is 0. The molecule has 2 aromatic carbocycles. The van der Waals surface area contributed by atoms with Gasteiger partial charge in [0.1, 0.15) is 17.6 Å². The van der Waals surface area contributed by atoms with E-state index in [1.165, 1.54) is 0 Å². The Bertz CT molecular complexity index is 567. The van der Waals surface area contributed by atoms with E-state index in [0.29, 0.717) is 6.10 Å². The van der Waals surface area contributed by atoms with Gasteiger partial charge in [-0.05, 0) is 38.1 Å². The van der Waals surface area contributed by atoms with Crippen LogP contribution in [0.3, 0.4) is 0 Å². The molecule has 0 atom stereocenters. The SMILES string of the molecule is COc1cccc2c(OC3CCNCC3)cccc12.Cl. The van der Waals surface area contributed by atoms with Crippen molar-refractivity contribution >= 4 is 23.2 Å². The van der Waals surface area contributed by atoms with Crippen LogP contribution < -0.4 is 14.8 Å². The number of benzene rings is 2. The third kappa shape index (κ3) is 3.00. The van der Waals surface area contributed by atoms with Crippen LogP contribution in [0.25, 0.3) is 10.8 Å². The third-order valence-electron chi connectivity index (χ3n) is 3.64. The van der Waals surface area contributed by atoms with Gasteiger partial charge < -0.3 is 14.8 Å². The quantitative estimate of drug-likeness (QED) is 0.941. The van der Waals surface area contributed by atoms with Gasteiger partial charge in [0.15, 0.2) is 0 Å². The van der Waals surface area contributed by atoms with Crippen LogP contribution in [-0.2, 0) is 0 Å². The summed E-state index contributed by atoms with van der Waals surface area (Å²) in [7, 11) is 1.70. The van der Waals surface area contributed by atoms with Crippen molar-refractivity contribution in [2.75, 3.05) is 20.2 Å². The lowest BCUT2D eigenvalue weighted by Crippen LogP contribution is -2.34. The Balaban J connectivity index is 0.00000147. The predicted octanol–water partition coefficient (Wildman–Crippen LogP) is 3.40. The van der Waals surface area contributed by atoms with E-state index >= 15 is 0 Å². The molecule has 20 heavy (non-hydrogen) atoms. The Morgan fingerprint density at radius 3 is 2.20 bits per heavy atom. The van der Waals surface area contributed by atoms with Crippen molar-refractivity contribution in [3.05, 3.63) is 36.4 Å². The van der Waals surface area contributed by atoms with Crippen LogP contribution in [0.5, 0.6) is 11.5 Å². The minimum absolute atomic E-state index is 0. The average molecular weight is 294 g/mol. The first-order valence-corrected chi connectivity index (χ1v) is 6.81. The molecule has 0 bridgehead atoms. The van der Waals surface area contributed by atoms with E-state index in [9.17, 15) is 0 Å².